The maximum atomic E-state index is 15.1. The van der Waals surface area contributed by atoms with Crippen LogP contribution in [0.5, 0.6) is 0 Å². The van der Waals surface area contributed by atoms with Crippen LogP contribution < -0.4 is 10.6 Å². The Morgan fingerprint density at radius 1 is 1.16 bits per heavy atom. The van der Waals surface area contributed by atoms with Gasteiger partial charge in [0.15, 0.2) is 5.13 Å². The van der Waals surface area contributed by atoms with Crippen LogP contribution in [0.4, 0.5) is 9.52 Å². The van der Waals surface area contributed by atoms with Crippen molar-refractivity contribution in [2.45, 2.75) is 81.0 Å². The van der Waals surface area contributed by atoms with Crippen molar-refractivity contribution in [1.29, 1.82) is 0 Å². The highest BCUT2D eigenvalue weighted by Crippen LogP contribution is 2.33. The molecule has 1 atom stereocenters. The van der Waals surface area contributed by atoms with E-state index in [-0.39, 0.29) is 48.1 Å². The van der Waals surface area contributed by atoms with Gasteiger partial charge in [0.1, 0.15) is 17.6 Å². The van der Waals surface area contributed by atoms with E-state index >= 15 is 4.39 Å². The van der Waals surface area contributed by atoms with Crippen molar-refractivity contribution >= 4 is 51.9 Å². The van der Waals surface area contributed by atoms with Gasteiger partial charge in [0.2, 0.25) is 23.6 Å². The van der Waals surface area contributed by atoms with E-state index in [0.29, 0.717) is 60.4 Å². The van der Waals surface area contributed by atoms with E-state index in [4.69, 9.17) is 4.42 Å². The Morgan fingerprint density at radius 2 is 1.93 bits per heavy atom. The maximum absolute atomic E-state index is 15.1. The minimum absolute atomic E-state index is 0.0705. The number of nitrogens with zero attached hydrogens (tertiary/aromatic N) is 4. The number of rotatable bonds is 8. The summed E-state index contributed by atoms with van der Waals surface area (Å²) in [6, 6.07) is 2.22. The molecule has 2 N–H and O–H groups in total. The summed E-state index contributed by atoms with van der Waals surface area (Å²) in [6.45, 7) is 8.03. The Bertz CT molecular complexity index is 1640. The lowest BCUT2D eigenvalue weighted by Crippen LogP contribution is -2.52. The van der Waals surface area contributed by atoms with Crippen LogP contribution in [0.25, 0.3) is 0 Å². The van der Waals surface area contributed by atoms with Crippen molar-refractivity contribution in [2.75, 3.05) is 18.4 Å². The van der Waals surface area contributed by atoms with Crippen LogP contribution in [0, 0.1) is 11.7 Å². The second kappa shape index (κ2) is 12.6. The highest BCUT2D eigenvalue weighted by atomic mass is 32.2. The monoisotopic (exact) mass is 654 g/mol. The number of nitrogens with one attached hydrogen (secondary N) is 2. The molecular formula is C31H35FN6O5S2. The van der Waals surface area contributed by atoms with Gasteiger partial charge in [-0.25, -0.2) is 14.4 Å². The number of oxazole rings is 1. The fourth-order valence-corrected chi connectivity index (χ4v) is 7.53. The third-order valence-electron chi connectivity index (χ3n) is 8.39. The number of hydrogen-bond donors (Lipinski definition) is 2. The van der Waals surface area contributed by atoms with Crippen LogP contribution in [-0.2, 0) is 38.6 Å². The molecule has 0 aliphatic carbocycles. The molecule has 14 heteroatoms. The van der Waals surface area contributed by atoms with E-state index < -0.39 is 23.7 Å². The van der Waals surface area contributed by atoms with E-state index in [0.717, 1.165) is 9.97 Å². The smallest absolute Gasteiger partial charge is 0.255 e. The number of amides is 4. The molecule has 45 heavy (non-hydrogen) atoms. The van der Waals surface area contributed by atoms with Crippen LogP contribution in [0.2, 0.25) is 0 Å². The van der Waals surface area contributed by atoms with Crippen molar-refractivity contribution in [3.05, 3.63) is 58.7 Å². The summed E-state index contributed by atoms with van der Waals surface area (Å²) in [7, 11) is 0. The van der Waals surface area contributed by atoms with E-state index in [1.807, 2.05) is 0 Å². The lowest BCUT2D eigenvalue weighted by atomic mass is 9.94. The van der Waals surface area contributed by atoms with Gasteiger partial charge in [-0.2, -0.15) is 0 Å². The number of halogens is 1. The number of piperidine rings is 2. The first-order valence-electron chi connectivity index (χ1n) is 15.0. The molecule has 3 aromatic rings. The third kappa shape index (κ3) is 6.97. The number of carbonyl (C=O) groups is 4. The van der Waals surface area contributed by atoms with E-state index in [1.165, 1.54) is 22.3 Å². The quantitative estimate of drug-likeness (QED) is 0.266. The molecular weight excluding hydrogens is 620 g/mol. The molecule has 4 amide bonds. The zero-order chi connectivity index (χ0) is 31.9. The van der Waals surface area contributed by atoms with Gasteiger partial charge >= 0.3 is 0 Å². The predicted molar refractivity (Wildman–Crippen MR) is 166 cm³/mol. The largest absolute Gasteiger partial charge is 0.444 e. The minimum Gasteiger partial charge on any atom is -0.444 e. The van der Waals surface area contributed by atoms with Gasteiger partial charge in [-0.05, 0) is 50.0 Å². The fourth-order valence-electron chi connectivity index (χ4n) is 5.80. The molecule has 6 rings (SSSR count). The summed E-state index contributed by atoms with van der Waals surface area (Å²) in [4.78, 5) is 62.0. The van der Waals surface area contributed by atoms with E-state index in [9.17, 15) is 19.2 Å². The number of benzene rings is 1. The molecule has 1 aromatic carbocycles. The Kier molecular flexibility index (Phi) is 8.81. The second-order valence-electron chi connectivity index (χ2n) is 12.7. The summed E-state index contributed by atoms with van der Waals surface area (Å²) in [5.74, 6) is 0.111. The van der Waals surface area contributed by atoms with Crippen molar-refractivity contribution < 1.29 is 28.0 Å². The number of hydrogen-bond acceptors (Lipinski definition) is 10. The molecule has 0 radical (unpaired) electrons. The van der Waals surface area contributed by atoms with Crippen molar-refractivity contribution in [3.8, 4) is 0 Å². The summed E-state index contributed by atoms with van der Waals surface area (Å²) >= 11 is 2.97. The standard InChI is InChI=1S/C31H35FN6O5S2/c1-31(2,3)23-12-33-25(43-23)16-44-26-13-34-30(45-26)36-27(40)17-6-8-37(9-7-17)14-19-10-18-15-38(29(42)20(18)11-21(19)32)22-4-5-24(39)35-28(22)41/h10-13,17,22H,4-9,14-16H2,1-3H3,(H,34,36,40)(H,35,39,41). The van der Waals surface area contributed by atoms with Crippen LogP contribution in [0.15, 0.2) is 33.2 Å². The Hall–Kier alpha value is -3.62. The first-order valence-corrected chi connectivity index (χ1v) is 16.8. The molecule has 1 unspecified atom stereocenters. The number of carbonyl (C=O) groups excluding carboxylic acids is 4. The van der Waals surface area contributed by atoms with E-state index in [1.54, 1.807) is 30.2 Å². The Morgan fingerprint density at radius 3 is 2.64 bits per heavy atom. The predicted octanol–water partition coefficient (Wildman–Crippen LogP) is 4.47. The van der Waals surface area contributed by atoms with Gasteiger partial charge in [0.05, 0.1) is 22.4 Å². The van der Waals surface area contributed by atoms with E-state index in [2.05, 4.69) is 46.3 Å². The number of aromatic nitrogens is 2. The van der Waals surface area contributed by atoms with Crippen molar-refractivity contribution in [3.63, 3.8) is 0 Å². The number of imide groups is 1. The molecule has 0 spiro atoms. The number of thiazole rings is 1. The van der Waals surface area contributed by atoms with Crippen LogP contribution >= 0.6 is 23.1 Å². The Balaban J connectivity index is 0.982. The zero-order valence-corrected chi connectivity index (χ0v) is 27.0. The molecule has 2 aromatic heterocycles. The lowest BCUT2D eigenvalue weighted by molar-refractivity contribution is -0.137. The maximum Gasteiger partial charge on any atom is 0.255 e. The third-order valence-corrected chi connectivity index (χ3v) is 10.5. The topological polar surface area (TPSA) is 138 Å². The molecule has 5 heterocycles. The van der Waals surface area contributed by atoms with Gasteiger partial charge in [0.25, 0.3) is 5.91 Å². The number of anilines is 1. The zero-order valence-electron chi connectivity index (χ0n) is 25.4. The fraction of sp³-hybridized carbons (Fsp3) is 0.484. The van der Waals surface area contributed by atoms with Gasteiger partial charge in [-0.1, -0.05) is 32.1 Å². The SMILES string of the molecule is CC(C)(C)c1cnc(CSc2cnc(NC(=O)C3CCN(Cc4cc5c(cc4F)C(=O)N(C4CCC(=O)NC4=O)C5)CC3)s2)o1. The lowest BCUT2D eigenvalue weighted by Gasteiger charge is -2.31. The molecule has 238 valence electrons. The molecule has 11 nitrogen and oxygen atoms in total. The molecule has 0 saturated carbocycles. The number of thioether (sulfide) groups is 1. The van der Waals surface area contributed by atoms with Crippen LogP contribution in [0.1, 0.15) is 79.6 Å². The summed E-state index contributed by atoms with van der Waals surface area (Å²) in [5.41, 5.74) is 1.30. The van der Waals surface area contributed by atoms with Crippen molar-refractivity contribution in [1.82, 2.24) is 25.1 Å². The summed E-state index contributed by atoms with van der Waals surface area (Å²) in [6.07, 6.45) is 5.19. The number of likely N-dealkylation sites (tertiary alicyclic amines) is 1. The molecule has 2 fully saturated rings. The molecule has 0 bridgehead atoms. The second-order valence-corrected chi connectivity index (χ2v) is 15.0. The van der Waals surface area contributed by atoms with Crippen molar-refractivity contribution in [2.24, 2.45) is 5.92 Å². The normalized spacial score (nSPS) is 19.6. The van der Waals surface area contributed by atoms with Crippen LogP contribution in [0.3, 0.4) is 0 Å². The Labute approximate surface area is 268 Å². The molecule has 2 saturated heterocycles. The first kappa shape index (κ1) is 31.4. The average Bonchev–Trinajstić information content (AvgIpc) is 3.72. The van der Waals surface area contributed by atoms with Crippen LogP contribution in [-0.4, -0.2) is 62.5 Å². The van der Waals surface area contributed by atoms with Gasteiger partial charge in [-0.3, -0.25) is 29.4 Å². The van der Waals surface area contributed by atoms with Gasteiger partial charge in [-0.15, -0.1) is 11.8 Å². The summed E-state index contributed by atoms with van der Waals surface area (Å²) in [5, 5.41) is 5.78. The molecule has 3 aliphatic heterocycles. The highest BCUT2D eigenvalue weighted by Gasteiger charge is 2.39. The first-order chi connectivity index (χ1) is 21.4. The summed E-state index contributed by atoms with van der Waals surface area (Å²) < 4.78 is 21.9. The minimum atomic E-state index is -0.741. The highest BCUT2D eigenvalue weighted by molar-refractivity contribution is 8.00. The molecule has 3 aliphatic rings. The average molecular weight is 655 g/mol. The number of fused-ring (bicyclic) bond motifs is 1. The van der Waals surface area contributed by atoms with Gasteiger partial charge in [0, 0.05) is 42.0 Å². The van der Waals surface area contributed by atoms with Gasteiger partial charge < -0.3 is 14.6 Å².